The molecule has 0 amide bonds. The van der Waals surface area contributed by atoms with E-state index in [0.29, 0.717) is 6.54 Å². The summed E-state index contributed by atoms with van der Waals surface area (Å²) in [4.78, 5) is 4.78. The number of aromatic nitrogens is 2. The molecule has 1 aliphatic carbocycles. The Kier molecular flexibility index (Phi) is 6.85. The number of fused-ring (bicyclic) bond motifs is 1. The van der Waals surface area contributed by atoms with E-state index in [1.54, 1.807) is 0 Å². The number of hydrogen-bond donors (Lipinski definition) is 2. The Morgan fingerprint density at radius 3 is 2.82 bits per heavy atom. The minimum atomic E-state index is -0.0211. The van der Waals surface area contributed by atoms with Crippen molar-refractivity contribution in [3.8, 4) is 5.75 Å². The van der Waals surface area contributed by atoms with E-state index in [0.717, 1.165) is 43.1 Å². The van der Waals surface area contributed by atoms with Crippen LogP contribution in [0.5, 0.6) is 5.75 Å². The van der Waals surface area contributed by atoms with E-state index in [-0.39, 0.29) is 35.6 Å². The molecule has 4 rings (SSSR count). The lowest BCUT2D eigenvalue weighted by molar-refractivity contribution is 0.0396. The molecular formula is C21H30IN5O. The van der Waals surface area contributed by atoms with Crippen molar-refractivity contribution in [2.45, 2.75) is 57.2 Å². The average Bonchev–Trinajstić information content (AvgIpc) is 3.29. The highest BCUT2D eigenvalue weighted by Gasteiger charge is 2.43. The summed E-state index contributed by atoms with van der Waals surface area (Å²) in [6.07, 6.45) is 9.65. The van der Waals surface area contributed by atoms with Gasteiger partial charge in [-0.1, -0.05) is 18.2 Å². The second-order valence-corrected chi connectivity index (χ2v) is 7.65. The number of aliphatic imine (C=N–C) groups is 1. The first kappa shape index (κ1) is 21.0. The van der Waals surface area contributed by atoms with E-state index in [1.807, 2.05) is 24.1 Å². The Morgan fingerprint density at radius 2 is 2.11 bits per heavy atom. The fraction of sp³-hybridized carbons (Fsp3) is 0.524. The lowest BCUT2D eigenvalue weighted by Gasteiger charge is -2.40. The van der Waals surface area contributed by atoms with Crippen LogP contribution in [0.3, 0.4) is 0 Å². The van der Waals surface area contributed by atoms with Crippen molar-refractivity contribution < 1.29 is 4.74 Å². The second-order valence-electron chi connectivity index (χ2n) is 7.65. The van der Waals surface area contributed by atoms with Gasteiger partial charge in [0, 0.05) is 37.3 Å². The van der Waals surface area contributed by atoms with Crippen molar-refractivity contribution in [1.82, 2.24) is 20.4 Å². The molecular weight excluding hydrogens is 465 g/mol. The van der Waals surface area contributed by atoms with Gasteiger partial charge in [0.1, 0.15) is 11.4 Å². The number of rotatable bonds is 4. The van der Waals surface area contributed by atoms with Gasteiger partial charge in [-0.25, -0.2) is 4.99 Å². The van der Waals surface area contributed by atoms with Crippen molar-refractivity contribution in [1.29, 1.82) is 0 Å². The number of aryl methyl sites for hydroxylation is 1. The summed E-state index contributed by atoms with van der Waals surface area (Å²) in [7, 11) is 1.93. The second kappa shape index (κ2) is 9.15. The van der Waals surface area contributed by atoms with Crippen molar-refractivity contribution in [2.75, 3.05) is 6.54 Å². The van der Waals surface area contributed by atoms with Gasteiger partial charge in [0.2, 0.25) is 0 Å². The molecule has 1 atom stereocenters. The van der Waals surface area contributed by atoms with Crippen molar-refractivity contribution in [3.63, 3.8) is 0 Å². The molecule has 6 nitrogen and oxygen atoms in total. The Balaban J connectivity index is 0.00000225. The molecule has 1 saturated carbocycles. The number of nitrogens with one attached hydrogen (secondary N) is 2. The first-order chi connectivity index (χ1) is 13.2. The van der Waals surface area contributed by atoms with Crippen LogP contribution in [0.4, 0.5) is 0 Å². The largest absolute Gasteiger partial charge is 0.487 e. The highest BCUT2D eigenvalue weighted by atomic mass is 127. The zero-order valence-electron chi connectivity index (χ0n) is 16.6. The lowest BCUT2D eigenvalue weighted by atomic mass is 9.86. The molecule has 1 aromatic carbocycles. The molecule has 1 fully saturated rings. The Labute approximate surface area is 184 Å². The van der Waals surface area contributed by atoms with Gasteiger partial charge < -0.3 is 15.4 Å². The molecule has 2 N–H and O–H groups in total. The highest BCUT2D eigenvalue weighted by molar-refractivity contribution is 14.0. The van der Waals surface area contributed by atoms with Crippen molar-refractivity contribution in [3.05, 3.63) is 47.8 Å². The van der Waals surface area contributed by atoms with E-state index in [2.05, 4.69) is 46.9 Å². The van der Waals surface area contributed by atoms with Gasteiger partial charge in [-0.2, -0.15) is 5.10 Å². The average molecular weight is 495 g/mol. The molecule has 0 bridgehead atoms. The van der Waals surface area contributed by atoms with Gasteiger partial charge in [-0.3, -0.25) is 4.68 Å². The van der Waals surface area contributed by atoms with E-state index in [9.17, 15) is 0 Å². The quantitative estimate of drug-likeness (QED) is 0.384. The fourth-order valence-electron chi connectivity index (χ4n) is 4.28. The smallest absolute Gasteiger partial charge is 0.192 e. The predicted molar refractivity (Wildman–Crippen MR) is 122 cm³/mol. The molecule has 2 aliphatic rings. The summed E-state index contributed by atoms with van der Waals surface area (Å²) in [6.45, 7) is 3.53. The number of ether oxygens (including phenoxy) is 1. The number of benzene rings is 1. The Morgan fingerprint density at radius 1 is 1.32 bits per heavy atom. The molecule has 152 valence electrons. The summed E-state index contributed by atoms with van der Waals surface area (Å²) >= 11 is 0. The zero-order valence-corrected chi connectivity index (χ0v) is 19.0. The van der Waals surface area contributed by atoms with Crippen LogP contribution >= 0.6 is 24.0 Å². The highest BCUT2D eigenvalue weighted by Crippen LogP contribution is 2.46. The standard InChI is InChI=1S/C21H29N5O.HI/c1-3-22-20(23-13-16-14-24-26(2)15-16)25-18-12-21(10-6-7-11-21)27-19-9-5-4-8-17(18)19;/h4-5,8-9,14-15,18H,3,6-7,10-13H2,1-2H3,(H2,22,23,25);1H. The van der Waals surface area contributed by atoms with Crippen molar-refractivity contribution >= 4 is 29.9 Å². The third-order valence-electron chi connectivity index (χ3n) is 5.55. The third-order valence-corrected chi connectivity index (χ3v) is 5.55. The summed E-state index contributed by atoms with van der Waals surface area (Å²) < 4.78 is 8.28. The van der Waals surface area contributed by atoms with Gasteiger partial charge in [0.25, 0.3) is 0 Å². The minimum Gasteiger partial charge on any atom is -0.487 e. The molecule has 0 radical (unpaired) electrons. The maximum Gasteiger partial charge on any atom is 0.192 e. The number of halogens is 1. The van der Waals surface area contributed by atoms with Crippen LogP contribution in [0.15, 0.2) is 41.7 Å². The van der Waals surface area contributed by atoms with E-state index in [1.165, 1.54) is 18.4 Å². The zero-order chi connectivity index (χ0) is 18.7. The first-order valence-electron chi connectivity index (χ1n) is 9.98. The minimum absolute atomic E-state index is 0. The molecule has 1 spiro atoms. The van der Waals surface area contributed by atoms with E-state index >= 15 is 0 Å². The van der Waals surface area contributed by atoms with Crippen molar-refractivity contribution in [2.24, 2.45) is 12.0 Å². The Hall–Kier alpha value is -1.77. The van der Waals surface area contributed by atoms with E-state index < -0.39 is 0 Å². The number of para-hydroxylation sites is 1. The van der Waals surface area contributed by atoms with Gasteiger partial charge >= 0.3 is 0 Å². The third kappa shape index (κ3) is 4.61. The fourth-order valence-corrected chi connectivity index (χ4v) is 4.28. The van der Waals surface area contributed by atoms with Crippen LogP contribution in [0.2, 0.25) is 0 Å². The van der Waals surface area contributed by atoms with Crippen LogP contribution in [0.25, 0.3) is 0 Å². The summed E-state index contributed by atoms with van der Waals surface area (Å²) in [5.74, 6) is 1.86. The maximum atomic E-state index is 6.47. The maximum absolute atomic E-state index is 6.47. The molecule has 7 heteroatoms. The summed E-state index contributed by atoms with van der Waals surface area (Å²) in [6, 6.07) is 8.62. The van der Waals surface area contributed by atoms with Crippen LogP contribution in [-0.4, -0.2) is 27.9 Å². The first-order valence-corrected chi connectivity index (χ1v) is 9.98. The SMILES string of the molecule is CCNC(=NCc1cnn(C)c1)NC1CC2(CCCC2)Oc2ccccc21.I. The molecule has 1 unspecified atom stereocenters. The van der Waals surface area contributed by atoms with Gasteiger partial charge in [-0.05, 0) is 38.7 Å². The molecule has 2 aromatic rings. The van der Waals surface area contributed by atoms with Gasteiger partial charge in [-0.15, -0.1) is 24.0 Å². The van der Waals surface area contributed by atoms with E-state index in [4.69, 9.17) is 9.73 Å². The van der Waals surface area contributed by atoms with Gasteiger partial charge in [0.05, 0.1) is 18.8 Å². The monoisotopic (exact) mass is 495 g/mol. The molecule has 0 saturated heterocycles. The topological polar surface area (TPSA) is 63.5 Å². The van der Waals surface area contributed by atoms with Crippen LogP contribution in [-0.2, 0) is 13.6 Å². The number of hydrogen-bond acceptors (Lipinski definition) is 3. The lowest BCUT2D eigenvalue weighted by Crippen LogP contribution is -2.46. The van der Waals surface area contributed by atoms with Crippen LogP contribution in [0.1, 0.15) is 56.2 Å². The molecule has 1 aromatic heterocycles. The molecule has 1 aliphatic heterocycles. The predicted octanol–water partition coefficient (Wildman–Crippen LogP) is 3.93. The summed E-state index contributed by atoms with van der Waals surface area (Å²) in [5.41, 5.74) is 2.31. The molecule has 28 heavy (non-hydrogen) atoms. The number of guanidine groups is 1. The van der Waals surface area contributed by atoms with Crippen LogP contribution < -0.4 is 15.4 Å². The Bertz CT molecular complexity index is 813. The normalized spacial score (nSPS) is 20.2. The van der Waals surface area contributed by atoms with Crippen LogP contribution in [0, 0.1) is 0 Å². The number of nitrogens with zero attached hydrogens (tertiary/aromatic N) is 3. The molecule has 2 heterocycles. The van der Waals surface area contributed by atoms with Gasteiger partial charge in [0.15, 0.2) is 5.96 Å². The summed E-state index contributed by atoms with van der Waals surface area (Å²) in [5, 5.41) is 11.3.